The van der Waals surface area contributed by atoms with Crippen LogP contribution in [0.5, 0.6) is 5.75 Å². The molecule has 3 aromatic heterocycles. The van der Waals surface area contributed by atoms with E-state index < -0.39 is 5.91 Å². The second-order valence-electron chi connectivity index (χ2n) is 5.83. The molecule has 1 aromatic carbocycles. The fourth-order valence-corrected chi connectivity index (χ4v) is 2.45. The van der Waals surface area contributed by atoms with Gasteiger partial charge in [-0.25, -0.2) is 10.1 Å². The van der Waals surface area contributed by atoms with Crippen molar-refractivity contribution in [3.63, 3.8) is 0 Å². The Bertz CT molecular complexity index is 1160. The molecule has 0 aliphatic rings. The van der Waals surface area contributed by atoms with Gasteiger partial charge < -0.3 is 10.5 Å². The number of rotatable bonds is 7. The van der Waals surface area contributed by atoms with Crippen molar-refractivity contribution in [1.29, 1.82) is 0 Å². The number of aromatic nitrogens is 6. The SMILES string of the molecule is Nc1nonc1-n1nnc(C(=O)N/N=C\c2ccccn2)c1COc1ccccc1. The van der Waals surface area contributed by atoms with Gasteiger partial charge in [0.2, 0.25) is 11.6 Å². The number of amides is 1. The molecule has 3 N–H and O–H groups in total. The molecule has 0 aliphatic carbocycles. The van der Waals surface area contributed by atoms with Crippen molar-refractivity contribution in [2.24, 2.45) is 5.10 Å². The second-order valence-corrected chi connectivity index (χ2v) is 5.83. The lowest BCUT2D eigenvalue weighted by Crippen LogP contribution is -2.21. The molecule has 0 fully saturated rings. The largest absolute Gasteiger partial charge is 0.487 e. The number of carbonyl (C=O) groups excluding carboxylic acids is 1. The molecule has 0 saturated carbocycles. The van der Waals surface area contributed by atoms with Crippen molar-refractivity contribution in [2.45, 2.75) is 6.61 Å². The van der Waals surface area contributed by atoms with Gasteiger partial charge in [0, 0.05) is 6.20 Å². The molecular weight excluding hydrogens is 390 g/mol. The third-order valence-corrected chi connectivity index (χ3v) is 3.84. The van der Waals surface area contributed by atoms with Gasteiger partial charge >= 0.3 is 0 Å². The fraction of sp³-hybridized carbons (Fsp3) is 0.0556. The molecule has 4 aromatic rings. The van der Waals surface area contributed by atoms with Gasteiger partial charge in [0.25, 0.3) is 5.91 Å². The van der Waals surface area contributed by atoms with Crippen LogP contribution in [0.1, 0.15) is 21.9 Å². The van der Waals surface area contributed by atoms with E-state index >= 15 is 0 Å². The highest BCUT2D eigenvalue weighted by Crippen LogP contribution is 2.18. The molecule has 0 atom stereocenters. The Balaban J connectivity index is 1.58. The number of benzene rings is 1. The first-order chi connectivity index (χ1) is 14.7. The van der Waals surface area contributed by atoms with E-state index in [1.165, 1.54) is 10.9 Å². The summed E-state index contributed by atoms with van der Waals surface area (Å²) in [6, 6.07) is 14.4. The lowest BCUT2D eigenvalue weighted by molar-refractivity contribution is 0.0947. The standard InChI is InChI=1S/C18H15N9O3/c19-16-17(25-30-24-16)27-14(11-29-13-7-2-1-3-8-13)15(22-26-27)18(28)23-21-10-12-6-4-5-9-20-12/h1-10H,11H2,(H2,19,24)(H,23,28)/b21-10-. The number of nitrogens with one attached hydrogen (secondary N) is 1. The monoisotopic (exact) mass is 405 g/mol. The molecule has 0 radical (unpaired) electrons. The zero-order valence-electron chi connectivity index (χ0n) is 15.4. The van der Waals surface area contributed by atoms with Crippen LogP contribution >= 0.6 is 0 Å². The van der Waals surface area contributed by atoms with E-state index in [0.717, 1.165) is 0 Å². The van der Waals surface area contributed by atoms with E-state index in [2.05, 4.69) is 40.8 Å². The van der Waals surface area contributed by atoms with Crippen LogP contribution in [0.25, 0.3) is 5.82 Å². The molecule has 0 aliphatic heterocycles. The average molecular weight is 405 g/mol. The van der Waals surface area contributed by atoms with Crippen LogP contribution in [0.15, 0.2) is 64.5 Å². The molecule has 150 valence electrons. The highest BCUT2D eigenvalue weighted by atomic mass is 16.6. The summed E-state index contributed by atoms with van der Waals surface area (Å²) >= 11 is 0. The van der Waals surface area contributed by atoms with Gasteiger partial charge in [-0.05, 0) is 34.6 Å². The predicted octanol–water partition coefficient (Wildman–Crippen LogP) is 0.970. The molecular formula is C18H15N9O3. The summed E-state index contributed by atoms with van der Waals surface area (Å²) in [5.74, 6) is 0.0670. The number of carbonyl (C=O) groups is 1. The van der Waals surface area contributed by atoms with Crippen molar-refractivity contribution >= 4 is 17.9 Å². The second kappa shape index (κ2) is 8.60. The number of hydrogen-bond donors (Lipinski definition) is 2. The topological polar surface area (TPSA) is 159 Å². The minimum absolute atomic E-state index is 0.0130. The Morgan fingerprint density at radius 2 is 2.03 bits per heavy atom. The number of ether oxygens (including phenoxy) is 1. The van der Waals surface area contributed by atoms with Crippen molar-refractivity contribution in [3.05, 3.63) is 71.8 Å². The lowest BCUT2D eigenvalue weighted by Gasteiger charge is -2.08. The summed E-state index contributed by atoms with van der Waals surface area (Å²) in [4.78, 5) is 16.7. The van der Waals surface area contributed by atoms with Crippen LogP contribution in [-0.2, 0) is 6.61 Å². The van der Waals surface area contributed by atoms with E-state index in [-0.39, 0.29) is 29.6 Å². The Morgan fingerprint density at radius 1 is 1.20 bits per heavy atom. The number of hydrazone groups is 1. The average Bonchev–Trinajstić information content (AvgIpc) is 3.39. The zero-order chi connectivity index (χ0) is 20.8. The summed E-state index contributed by atoms with van der Waals surface area (Å²) in [5.41, 5.74) is 8.98. The van der Waals surface area contributed by atoms with Gasteiger partial charge in [-0.15, -0.1) is 5.10 Å². The molecule has 4 rings (SSSR count). The highest BCUT2D eigenvalue weighted by Gasteiger charge is 2.24. The van der Waals surface area contributed by atoms with Gasteiger partial charge in [0.05, 0.1) is 11.9 Å². The van der Waals surface area contributed by atoms with Crippen molar-refractivity contribution < 1.29 is 14.2 Å². The maximum Gasteiger partial charge on any atom is 0.293 e. The maximum atomic E-state index is 12.6. The third-order valence-electron chi connectivity index (χ3n) is 3.84. The molecule has 0 saturated heterocycles. The lowest BCUT2D eigenvalue weighted by atomic mass is 10.3. The number of para-hydroxylation sites is 1. The number of hydrogen-bond acceptors (Lipinski definition) is 10. The molecule has 12 nitrogen and oxygen atoms in total. The smallest absolute Gasteiger partial charge is 0.293 e. The number of nitrogens with two attached hydrogens (primary N) is 1. The first kappa shape index (κ1) is 18.7. The van der Waals surface area contributed by atoms with Gasteiger partial charge in [-0.3, -0.25) is 9.78 Å². The van der Waals surface area contributed by atoms with E-state index in [1.807, 2.05) is 18.2 Å². The minimum Gasteiger partial charge on any atom is -0.487 e. The number of nitrogens with zero attached hydrogens (tertiary/aromatic N) is 7. The van der Waals surface area contributed by atoms with Gasteiger partial charge in [-0.1, -0.05) is 29.5 Å². The molecule has 0 unspecified atom stereocenters. The summed E-state index contributed by atoms with van der Waals surface area (Å²) in [6.45, 7) is -0.0456. The Morgan fingerprint density at radius 3 is 2.77 bits per heavy atom. The third kappa shape index (κ3) is 4.11. The summed E-state index contributed by atoms with van der Waals surface area (Å²) in [5, 5.41) is 19.0. The molecule has 0 bridgehead atoms. The molecule has 0 spiro atoms. The van der Waals surface area contributed by atoms with Crippen molar-refractivity contribution in [3.8, 4) is 11.6 Å². The zero-order valence-corrected chi connectivity index (χ0v) is 15.4. The maximum absolute atomic E-state index is 12.6. The van der Waals surface area contributed by atoms with Crippen LogP contribution in [0.2, 0.25) is 0 Å². The van der Waals surface area contributed by atoms with E-state index in [1.54, 1.807) is 36.5 Å². The van der Waals surface area contributed by atoms with E-state index in [9.17, 15) is 4.79 Å². The minimum atomic E-state index is -0.602. The van der Waals surface area contributed by atoms with Crippen LogP contribution in [0, 0.1) is 0 Å². The highest BCUT2D eigenvalue weighted by molar-refractivity contribution is 5.94. The summed E-state index contributed by atoms with van der Waals surface area (Å²) < 4.78 is 11.6. The molecule has 12 heteroatoms. The van der Waals surface area contributed by atoms with Crippen LogP contribution in [0.3, 0.4) is 0 Å². The molecule has 30 heavy (non-hydrogen) atoms. The van der Waals surface area contributed by atoms with Crippen molar-refractivity contribution in [2.75, 3.05) is 5.73 Å². The van der Waals surface area contributed by atoms with Crippen LogP contribution in [0.4, 0.5) is 5.82 Å². The van der Waals surface area contributed by atoms with Gasteiger partial charge in [0.15, 0.2) is 5.69 Å². The number of pyridine rings is 1. The number of anilines is 1. The Hall–Kier alpha value is -4.61. The van der Waals surface area contributed by atoms with E-state index in [0.29, 0.717) is 11.4 Å². The van der Waals surface area contributed by atoms with Gasteiger partial charge in [-0.2, -0.15) is 9.78 Å². The van der Waals surface area contributed by atoms with Gasteiger partial charge in [0.1, 0.15) is 18.1 Å². The summed E-state index contributed by atoms with van der Waals surface area (Å²) in [7, 11) is 0. The van der Waals surface area contributed by atoms with Crippen molar-refractivity contribution in [1.82, 2.24) is 35.7 Å². The Kier molecular flexibility index (Phi) is 5.37. The first-order valence-electron chi connectivity index (χ1n) is 8.67. The Labute approximate surface area is 169 Å². The molecule has 3 heterocycles. The fourth-order valence-electron chi connectivity index (χ4n) is 2.45. The molecule has 1 amide bonds. The van der Waals surface area contributed by atoms with Crippen LogP contribution < -0.4 is 15.9 Å². The van der Waals surface area contributed by atoms with Crippen LogP contribution in [-0.4, -0.2) is 42.4 Å². The normalized spacial score (nSPS) is 10.9. The summed E-state index contributed by atoms with van der Waals surface area (Å²) in [6.07, 6.45) is 3.02. The first-order valence-corrected chi connectivity index (χ1v) is 8.67. The quantitative estimate of drug-likeness (QED) is 0.337. The predicted molar refractivity (Wildman–Crippen MR) is 104 cm³/mol. The number of nitrogen functional groups attached to an aromatic ring is 1. The van der Waals surface area contributed by atoms with E-state index in [4.69, 9.17) is 10.5 Å².